The van der Waals surface area contributed by atoms with E-state index < -0.39 is 13.4 Å². The van der Waals surface area contributed by atoms with E-state index in [1.165, 1.54) is 43.9 Å². The number of hydrogen-bond acceptors (Lipinski definition) is 2. The molecule has 0 radical (unpaired) electrons. The van der Waals surface area contributed by atoms with Crippen LogP contribution in [0.25, 0.3) is 0 Å². The zero-order valence-corrected chi connectivity index (χ0v) is 12.3. The normalized spacial score (nSPS) is 15.1. The number of rotatable bonds is 10. The molecule has 0 aliphatic carbocycles. The van der Waals surface area contributed by atoms with Gasteiger partial charge in [0.2, 0.25) is 0 Å². The Balaban J connectivity index is 4.34. The molecule has 0 saturated heterocycles. The SMILES string of the molecule is CCC[PH](CCC)(CCC)CCC(O)CO. The van der Waals surface area contributed by atoms with Crippen molar-refractivity contribution in [2.24, 2.45) is 0 Å². The van der Waals surface area contributed by atoms with Crippen LogP contribution < -0.4 is 0 Å². The van der Waals surface area contributed by atoms with E-state index in [-0.39, 0.29) is 6.61 Å². The molecule has 0 aliphatic rings. The third-order valence-corrected chi connectivity index (χ3v) is 9.59. The van der Waals surface area contributed by atoms with Crippen molar-refractivity contribution in [2.75, 3.05) is 31.3 Å². The van der Waals surface area contributed by atoms with E-state index in [1.54, 1.807) is 0 Å². The monoisotopic (exact) mass is 250 g/mol. The standard InChI is InChI=1S/C13H31O2P/c1-4-8-16(9-5-2,10-6-3)11-7-13(15)12-14/h13-16H,4-12H2,1-3H3. The fourth-order valence-corrected chi connectivity index (χ4v) is 8.53. The summed E-state index contributed by atoms with van der Waals surface area (Å²) in [4.78, 5) is 0. The van der Waals surface area contributed by atoms with E-state index in [2.05, 4.69) is 20.8 Å². The van der Waals surface area contributed by atoms with Crippen molar-refractivity contribution in [1.29, 1.82) is 0 Å². The minimum absolute atomic E-state index is 0.0745. The molecule has 16 heavy (non-hydrogen) atoms. The van der Waals surface area contributed by atoms with Gasteiger partial charge in [-0.1, -0.05) is 0 Å². The van der Waals surface area contributed by atoms with Gasteiger partial charge in [0.1, 0.15) is 0 Å². The summed E-state index contributed by atoms with van der Waals surface area (Å²) in [5, 5.41) is 18.4. The van der Waals surface area contributed by atoms with Gasteiger partial charge >= 0.3 is 101 Å². The van der Waals surface area contributed by atoms with Crippen molar-refractivity contribution >= 4 is 7.26 Å². The van der Waals surface area contributed by atoms with Crippen molar-refractivity contribution in [1.82, 2.24) is 0 Å². The molecule has 0 spiro atoms. The third-order valence-electron chi connectivity index (χ3n) is 3.56. The Labute approximate surface area is 102 Å². The first-order valence-corrected chi connectivity index (χ1v) is 9.75. The van der Waals surface area contributed by atoms with Gasteiger partial charge in [-0.15, -0.1) is 0 Å². The van der Waals surface area contributed by atoms with Crippen LogP contribution >= 0.6 is 7.26 Å². The van der Waals surface area contributed by atoms with Crippen LogP contribution in [0, 0.1) is 0 Å². The Kier molecular flexibility index (Phi) is 9.59. The van der Waals surface area contributed by atoms with E-state index in [9.17, 15) is 5.11 Å². The van der Waals surface area contributed by atoms with Crippen LogP contribution in [0.4, 0.5) is 0 Å². The topological polar surface area (TPSA) is 40.5 Å². The van der Waals surface area contributed by atoms with Crippen molar-refractivity contribution < 1.29 is 10.2 Å². The molecule has 0 fully saturated rings. The van der Waals surface area contributed by atoms with Crippen LogP contribution in [0.5, 0.6) is 0 Å². The Morgan fingerprint density at radius 3 is 1.62 bits per heavy atom. The fraction of sp³-hybridized carbons (Fsp3) is 1.00. The van der Waals surface area contributed by atoms with Gasteiger partial charge in [0.05, 0.1) is 0 Å². The molecule has 1 unspecified atom stereocenters. The first-order valence-electron chi connectivity index (χ1n) is 6.93. The van der Waals surface area contributed by atoms with Crippen molar-refractivity contribution in [3.05, 3.63) is 0 Å². The van der Waals surface area contributed by atoms with Gasteiger partial charge in [-0.2, -0.15) is 0 Å². The Bertz CT molecular complexity index is 145. The minimum atomic E-state index is -1.15. The van der Waals surface area contributed by atoms with Crippen molar-refractivity contribution in [3.8, 4) is 0 Å². The van der Waals surface area contributed by atoms with E-state index in [4.69, 9.17) is 5.11 Å². The quantitative estimate of drug-likeness (QED) is 0.585. The van der Waals surface area contributed by atoms with Gasteiger partial charge in [-0.3, -0.25) is 0 Å². The molecule has 0 heterocycles. The summed E-state index contributed by atoms with van der Waals surface area (Å²) in [5.74, 6) is 0. The molecule has 0 saturated carbocycles. The molecule has 0 rings (SSSR count). The predicted octanol–water partition coefficient (Wildman–Crippen LogP) is 2.71. The molecule has 100 valence electrons. The average molecular weight is 250 g/mol. The molecule has 0 aromatic rings. The van der Waals surface area contributed by atoms with Crippen LogP contribution in [-0.2, 0) is 0 Å². The molecule has 3 heteroatoms. The molecule has 0 amide bonds. The molecule has 0 aromatic heterocycles. The summed E-state index contributed by atoms with van der Waals surface area (Å²) >= 11 is 0. The summed E-state index contributed by atoms with van der Waals surface area (Å²) in [7, 11) is -1.15. The van der Waals surface area contributed by atoms with Crippen LogP contribution in [0.1, 0.15) is 46.5 Å². The number of aliphatic hydroxyl groups excluding tert-OH is 2. The maximum atomic E-state index is 9.50. The van der Waals surface area contributed by atoms with E-state index in [0.717, 1.165) is 6.42 Å². The molecule has 0 aliphatic heterocycles. The summed E-state index contributed by atoms with van der Waals surface area (Å²) in [5.41, 5.74) is 0. The van der Waals surface area contributed by atoms with Gasteiger partial charge in [-0.25, -0.2) is 0 Å². The third kappa shape index (κ3) is 6.18. The zero-order valence-electron chi connectivity index (χ0n) is 11.3. The van der Waals surface area contributed by atoms with Crippen LogP contribution in [-0.4, -0.2) is 47.6 Å². The van der Waals surface area contributed by atoms with Gasteiger partial charge in [-0.05, 0) is 0 Å². The Morgan fingerprint density at radius 2 is 1.31 bits per heavy atom. The van der Waals surface area contributed by atoms with Crippen LogP contribution in [0.2, 0.25) is 0 Å². The van der Waals surface area contributed by atoms with Gasteiger partial charge < -0.3 is 0 Å². The summed E-state index contributed by atoms with van der Waals surface area (Å²) in [6.07, 6.45) is 9.54. The molecular weight excluding hydrogens is 219 g/mol. The summed E-state index contributed by atoms with van der Waals surface area (Å²) in [6, 6.07) is 0. The summed E-state index contributed by atoms with van der Waals surface area (Å²) in [6.45, 7) is 6.75. The second-order valence-corrected chi connectivity index (χ2v) is 10.1. The fourth-order valence-electron chi connectivity index (χ4n) is 2.91. The summed E-state index contributed by atoms with van der Waals surface area (Å²) < 4.78 is 0. The van der Waals surface area contributed by atoms with Crippen molar-refractivity contribution in [2.45, 2.75) is 52.6 Å². The van der Waals surface area contributed by atoms with Gasteiger partial charge in [0, 0.05) is 0 Å². The van der Waals surface area contributed by atoms with E-state index in [0.29, 0.717) is 0 Å². The second kappa shape index (κ2) is 9.39. The zero-order chi connectivity index (χ0) is 12.4. The van der Waals surface area contributed by atoms with Gasteiger partial charge in [0.25, 0.3) is 0 Å². The molecule has 2 nitrogen and oxygen atoms in total. The second-order valence-electron chi connectivity index (χ2n) is 5.13. The first kappa shape index (κ1) is 16.4. The van der Waals surface area contributed by atoms with Gasteiger partial charge in [0.15, 0.2) is 0 Å². The number of aliphatic hydroxyl groups is 2. The maximum absolute atomic E-state index is 9.50. The molecule has 2 N–H and O–H groups in total. The van der Waals surface area contributed by atoms with Crippen molar-refractivity contribution in [3.63, 3.8) is 0 Å². The first-order chi connectivity index (χ1) is 7.64. The Morgan fingerprint density at radius 1 is 0.875 bits per heavy atom. The van der Waals surface area contributed by atoms with Crippen LogP contribution in [0.3, 0.4) is 0 Å². The Hall–Kier alpha value is 0.350. The van der Waals surface area contributed by atoms with Crippen LogP contribution in [0.15, 0.2) is 0 Å². The molecule has 0 aromatic carbocycles. The predicted molar refractivity (Wildman–Crippen MR) is 76.4 cm³/mol. The number of hydrogen-bond donors (Lipinski definition) is 2. The molecule has 1 atom stereocenters. The average Bonchev–Trinajstić information content (AvgIpc) is 2.27. The molecule has 0 bridgehead atoms. The molecular formula is C13H31O2P. The van der Waals surface area contributed by atoms with E-state index >= 15 is 0 Å². The van der Waals surface area contributed by atoms with E-state index in [1.807, 2.05) is 0 Å².